The van der Waals surface area contributed by atoms with Gasteiger partial charge in [0.15, 0.2) is 0 Å². The van der Waals surface area contributed by atoms with E-state index in [1.807, 2.05) is 12.2 Å². The predicted molar refractivity (Wildman–Crippen MR) is 63.5 cm³/mol. The van der Waals surface area contributed by atoms with Crippen LogP contribution in [-0.2, 0) is 9.59 Å². The molecule has 1 aliphatic rings. The molecule has 1 rings (SSSR count). The normalized spacial score (nSPS) is 25.9. The van der Waals surface area contributed by atoms with E-state index >= 15 is 0 Å². The van der Waals surface area contributed by atoms with Gasteiger partial charge in [-0.15, -0.1) is 11.6 Å². The molecule has 0 spiro atoms. The topological polar surface area (TPSA) is 86.7 Å². The fourth-order valence-electron chi connectivity index (χ4n) is 2.36. The number of carbonyl (C=O) groups excluding carboxylic acids is 3. The van der Waals surface area contributed by atoms with Crippen LogP contribution in [0.2, 0.25) is 0 Å². The number of hydroxylamine groups is 2. The summed E-state index contributed by atoms with van der Waals surface area (Å²) < 4.78 is 0. The first-order chi connectivity index (χ1) is 8.41. The van der Waals surface area contributed by atoms with Crippen LogP contribution in [0.4, 0.5) is 4.79 Å². The monoisotopic (exact) mass is 254 g/mol. The van der Waals surface area contributed by atoms with Crippen LogP contribution in [0.3, 0.4) is 0 Å². The van der Waals surface area contributed by atoms with E-state index in [0.717, 1.165) is 6.42 Å². The number of imide groups is 2. The van der Waals surface area contributed by atoms with Gasteiger partial charge in [-0.25, -0.2) is 4.79 Å². The minimum Gasteiger partial charge on any atom is -0.277 e. The predicted octanol–water partition coefficient (Wildman–Crippen LogP) is 1.45. The van der Waals surface area contributed by atoms with Crippen LogP contribution in [0, 0.1) is 11.3 Å². The quantitative estimate of drug-likeness (QED) is 0.441. The molecule has 2 N–H and O–H groups in total. The molecular weight excluding hydrogens is 236 g/mol. The van der Waals surface area contributed by atoms with Crippen LogP contribution in [0.5, 0.6) is 0 Å². The lowest BCUT2D eigenvalue weighted by molar-refractivity contribution is -0.177. The fourth-order valence-corrected chi connectivity index (χ4v) is 2.36. The molecule has 0 radical (unpaired) electrons. The number of nitrogens with one attached hydrogen (secondary N) is 1. The number of rotatable bonds is 5. The molecule has 0 aliphatic carbocycles. The third-order valence-electron chi connectivity index (χ3n) is 3.42. The van der Waals surface area contributed by atoms with Crippen LogP contribution in [0.1, 0.15) is 33.1 Å². The van der Waals surface area contributed by atoms with Crippen LogP contribution in [-0.4, -0.2) is 28.1 Å². The van der Waals surface area contributed by atoms with Gasteiger partial charge in [0.05, 0.1) is 0 Å². The average molecular weight is 254 g/mol. The van der Waals surface area contributed by atoms with Crippen molar-refractivity contribution in [2.75, 3.05) is 0 Å². The molecule has 0 bridgehead atoms. The van der Waals surface area contributed by atoms with Crippen molar-refractivity contribution in [3.63, 3.8) is 0 Å². The Balaban J connectivity index is 3.22. The lowest BCUT2D eigenvalue weighted by Gasteiger charge is -2.40. The summed E-state index contributed by atoms with van der Waals surface area (Å²) in [6.07, 6.45) is 2.96. The zero-order chi connectivity index (χ0) is 13.9. The number of hydrogen-bond acceptors (Lipinski definition) is 4. The first kappa shape index (κ1) is 14.4. The molecule has 1 heterocycles. The zero-order valence-corrected chi connectivity index (χ0v) is 10.6. The van der Waals surface area contributed by atoms with Crippen molar-refractivity contribution in [3.05, 3.63) is 12.7 Å². The molecule has 1 fully saturated rings. The summed E-state index contributed by atoms with van der Waals surface area (Å²) in [5.74, 6) is -1.84. The number of hydrogen-bond donors (Lipinski definition) is 2. The van der Waals surface area contributed by atoms with Gasteiger partial charge in [0.2, 0.25) is 5.91 Å². The number of allylic oxidation sites excluding steroid dienone is 1. The highest BCUT2D eigenvalue weighted by Crippen LogP contribution is 2.39. The van der Waals surface area contributed by atoms with Crippen LogP contribution < -0.4 is 5.32 Å². The van der Waals surface area contributed by atoms with Crippen molar-refractivity contribution in [2.45, 2.75) is 33.1 Å². The van der Waals surface area contributed by atoms with E-state index in [1.165, 1.54) is 6.08 Å². The van der Waals surface area contributed by atoms with E-state index in [0.29, 0.717) is 6.42 Å². The van der Waals surface area contributed by atoms with Gasteiger partial charge in [0.25, 0.3) is 5.91 Å². The molecule has 4 amide bonds. The minimum atomic E-state index is -1.44. The highest BCUT2D eigenvalue weighted by atomic mass is 16.5. The standard InChI is InChI=1S/C12H18N2O4/c1-4-6-8(3)12(7-5-2)9(15)13-11(17)14(18)10(12)16/h5,8,18H,2,4,6-7H2,1,3H3,(H,13,15,17)/t8-,12-/m1/s1. The summed E-state index contributed by atoms with van der Waals surface area (Å²) in [7, 11) is 0. The van der Waals surface area contributed by atoms with Gasteiger partial charge in [-0.3, -0.25) is 20.1 Å². The van der Waals surface area contributed by atoms with Gasteiger partial charge in [-0.1, -0.05) is 26.3 Å². The summed E-state index contributed by atoms with van der Waals surface area (Å²) >= 11 is 0. The second-order valence-electron chi connectivity index (χ2n) is 4.53. The van der Waals surface area contributed by atoms with Crippen molar-refractivity contribution in [3.8, 4) is 0 Å². The molecule has 0 saturated carbocycles. The van der Waals surface area contributed by atoms with Crippen molar-refractivity contribution < 1.29 is 19.6 Å². The van der Waals surface area contributed by atoms with E-state index in [9.17, 15) is 19.6 Å². The minimum absolute atomic E-state index is 0.0168. The SMILES string of the molecule is C=CC[C@@]1([C@H](C)CCC)C(=O)NC(=O)N(O)C1=O. The van der Waals surface area contributed by atoms with Gasteiger partial charge < -0.3 is 0 Å². The van der Waals surface area contributed by atoms with E-state index in [-0.39, 0.29) is 17.4 Å². The fraction of sp³-hybridized carbons (Fsp3) is 0.583. The Morgan fingerprint density at radius 3 is 2.61 bits per heavy atom. The highest BCUT2D eigenvalue weighted by Gasteiger charge is 2.56. The van der Waals surface area contributed by atoms with Crippen LogP contribution in [0.25, 0.3) is 0 Å². The van der Waals surface area contributed by atoms with Crippen molar-refractivity contribution in [2.24, 2.45) is 11.3 Å². The van der Waals surface area contributed by atoms with E-state index in [4.69, 9.17) is 0 Å². The first-order valence-electron chi connectivity index (χ1n) is 5.91. The molecule has 6 nitrogen and oxygen atoms in total. The third kappa shape index (κ3) is 2.03. The number of urea groups is 1. The zero-order valence-electron chi connectivity index (χ0n) is 10.6. The summed E-state index contributed by atoms with van der Waals surface area (Å²) in [6, 6.07) is -1.10. The molecular formula is C12H18N2O4. The third-order valence-corrected chi connectivity index (χ3v) is 3.42. The van der Waals surface area contributed by atoms with Gasteiger partial charge in [-0.05, 0) is 18.8 Å². The van der Waals surface area contributed by atoms with E-state index in [2.05, 4.69) is 6.58 Å². The summed E-state index contributed by atoms with van der Waals surface area (Å²) in [4.78, 5) is 35.4. The number of carbonyl (C=O) groups is 3. The average Bonchev–Trinajstić information content (AvgIpc) is 2.32. The molecule has 1 saturated heterocycles. The van der Waals surface area contributed by atoms with Gasteiger partial charge in [-0.2, -0.15) is 0 Å². The van der Waals surface area contributed by atoms with E-state index < -0.39 is 23.3 Å². The largest absolute Gasteiger partial charge is 0.355 e. The molecule has 0 unspecified atom stereocenters. The maximum Gasteiger partial charge on any atom is 0.355 e. The molecule has 0 aromatic carbocycles. The Morgan fingerprint density at radius 1 is 1.50 bits per heavy atom. The number of amides is 4. The summed E-state index contributed by atoms with van der Waals surface area (Å²) in [5, 5.41) is 11.4. The Bertz CT molecular complexity index is 394. The molecule has 1 aliphatic heterocycles. The summed E-state index contributed by atoms with van der Waals surface area (Å²) in [6.45, 7) is 7.23. The smallest absolute Gasteiger partial charge is 0.277 e. The molecule has 2 atom stereocenters. The van der Waals surface area contributed by atoms with Crippen molar-refractivity contribution >= 4 is 17.8 Å². The van der Waals surface area contributed by atoms with Gasteiger partial charge in [0, 0.05) is 0 Å². The maximum atomic E-state index is 12.1. The molecule has 0 aromatic heterocycles. The van der Waals surface area contributed by atoms with Gasteiger partial charge in [0.1, 0.15) is 5.41 Å². The molecule has 0 aromatic rings. The molecule has 100 valence electrons. The second kappa shape index (κ2) is 5.30. The van der Waals surface area contributed by atoms with Gasteiger partial charge >= 0.3 is 6.03 Å². The summed E-state index contributed by atoms with van der Waals surface area (Å²) in [5.41, 5.74) is -1.44. The lowest BCUT2D eigenvalue weighted by atomic mass is 9.69. The first-order valence-corrected chi connectivity index (χ1v) is 5.91. The Labute approximate surface area is 106 Å². The van der Waals surface area contributed by atoms with E-state index in [1.54, 1.807) is 6.92 Å². The highest BCUT2D eigenvalue weighted by molar-refractivity contribution is 6.18. The Morgan fingerprint density at radius 2 is 2.11 bits per heavy atom. The van der Waals surface area contributed by atoms with Crippen molar-refractivity contribution in [1.82, 2.24) is 10.4 Å². The number of barbiturate groups is 1. The van der Waals surface area contributed by atoms with Crippen LogP contribution >= 0.6 is 0 Å². The van der Waals surface area contributed by atoms with Crippen molar-refractivity contribution in [1.29, 1.82) is 0 Å². The van der Waals surface area contributed by atoms with Crippen LogP contribution in [0.15, 0.2) is 12.7 Å². The maximum absolute atomic E-state index is 12.1. The Kier molecular flexibility index (Phi) is 4.24. The Hall–Kier alpha value is -1.69. The molecule has 6 heteroatoms. The second-order valence-corrected chi connectivity index (χ2v) is 4.53. The molecule has 18 heavy (non-hydrogen) atoms. The lowest BCUT2D eigenvalue weighted by Crippen LogP contribution is -2.64. The number of nitrogens with zero attached hydrogens (tertiary/aromatic N) is 1.